The number of nitrogens with one attached hydrogen (secondary N) is 1. The van der Waals surface area contributed by atoms with Crippen LogP contribution in [0, 0.1) is 0 Å². The molecule has 0 spiro atoms. The molecule has 1 unspecified atom stereocenters. The molecule has 1 heterocycles. The molecule has 17 heavy (non-hydrogen) atoms. The summed E-state index contributed by atoms with van der Waals surface area (Å²) < 4.78 is 59.7. The Labute approximate surface area is 93.7 Å². The first-order valence-corrected chi connectivity index (χ1v) is 4.64. The third-order valence-corrected chi connectivity index (χ3v) is 1.72. The Morgan fingerprint density at radius 1 is 1.47 bits per heavy atom. The third kappa shape index (κ3) is 8.81. The second kappa shape index (κ2) is 7.38. The molecule has 9 heteroatoms. The maximum Gasteiger partial charge on any atom is 0.490 e. The summed E-state index contributed by atoms with van der Waals surface area (Å²) in [5.74, 6) is -2.76. The predicted molar refractivity (Wildman–Crippen MR) is 46.9 cm³/mol. The first-order valence-electron chi connectivity index (χ1n) is 4.64. The Balaban J connectivity index is 0.000000325. The van der Waals surface area contributed by atoms with E-state index in [0.717, 1.165) is 13.0 Å². The van der Waals surface area contributed by atoms with Crippen molar-refractivity contribution in [3.63, 3.8) is 0 Å². The number of alkyl halides is 5. The van der Waals surface area contributed by atoms with E-state index in [2.05, 4.69) is 5.32 Å². The van der Waals surface area contributed by atoms with Crippen LogP contribution in [0.4, 0.5) is 22.0 Å². The van der Waals surface area contributed by atoms with Gasteiger partial charge in [0, 0.05) is 6.54 Å². The normalized spacial score (nSPS) is 20.0. The quantitative estimate of drug-likeness (QED) is 0.754. The highest BCUT2D eigenvalue weighted by Crippen LogP contribution is 2.13. The van der Waals surface area contributed by atoms with Gasteiger partial charge in [-0.25, -0.2) is 13.6 Å². The molecular weight excluding hydrogens is 253 g/mol. The first kappa shape index (κ1) is 16.0. The number of halogens is 5. The molecule has 0 saturated carbocycles. The minimum Gasteiger partial charge on any atom is -0.475 e. The number of aliphatic carboxylic acids is 1. The molecule has 0 amide bonds. The Morgan fingerprint density at radius 2 is 2.00 bits per heavy atom. The van der Waals surface area contributed by atoms with E-state index in [1.807, 2.05) is 0 Å². The van der Waals surface area contributed by atoms with E-state index in [-0.39, 0.29) is 6.10 Å². The van der Waals surface area contributed by atoms with Gasteiger partial charge in [0.25, 0.3) is 6.43 Å². The summed E-state index contributed by atoms with van der Waals surface area (Å²) in [5, 5.41) is 10.2. The lowest BCUT2D eigenvalue weighted by Gasteiger charge is -2.08. The lowest BCUT2D eigenvalue weighted by molar-refractivity contribution is -0.192. The fraction of sp³-hybridized carbons (Fsp3) is 0.875. The summed E-state index contributed by atoms with van der Waals surface area (Å²) >= 11 is 0. The summed E-state index contributed by atoms with van der Waals surface area (Å²) in [7, 11) is 0. The van der Waals surface area contributed by atoms with Gasteiger partial charge in [0.1, 0.15) is 6.61 Å². The molecule has 4 nitrogen and oxygen atoms in total. The Morgan fingerprint density at radius 3 is 2.29 bits per heavy atom. The van der Waals surface area contributed by atoms with Gasteiger partial charge in [-0.2, -0.15) is 13.2 Å². The van der Waals surface area contributed by atoms with Gasteiger partial charge in [-0.15, -0.1) is 0 Å². The number of rotatable bonds is 3. The number of hydrogen-bond donors (Lipinski definition) is 2. The molecule has 0 aromatic rings. The highest BCUT2D eigenvalue weighted by atomic mass is 19.4. The van der Waals surface area contributed by atoms with Crippen LogP contribution in [0.5, 0.6) is 0 Å². The van der Waals surface area contributed by atoms with Crippen molar-refractivity contribution in [2.24, 2.45) is 0 Å². The minimum absolute atomic E-state index is 0.00833. The average Bonchev–Trinajstić information content (AvgIpc) is 2.66. The molecule has 2 N–H and O–H groups in total. The Kier molecular flexibility index (Phi) is 6.97. The molecule has 102 valence electrons. The van der Waals surface area contributed by atoms with Crippen molar-refractivity contribution >= 4 is 5.97 Å². The van der Waals surface area contributed by atoms with Crippen molar-refractivity contribution < 1.29 is 36.6 Å². The van der Waals surface area contributed by atoms with E-state index < -0.39 is 25.2 Å². The summed E-state index contributed by atoms with van der Waals surface area (Å²) in [6, 6.07) is 0. The average molecular weight is 265 g/mol. The zero-order valence-electron chi connectivity index (χ0n) is 8.64. The second-order valence-corrected chi connectivity index (χ2v) is 3.14. The smallest absolute Gasteiger partial charge is 0.475 e. The fourth-order valence-corrected chi connectivity index (χ4v) is 0.979. The molecular formula is C8H12F5NO3. The van der Waals surface area contributed by atoms with E-state index in [1.54, 1.807) is 0 Å². The number of carboxylic acid groups (broad SMARTS) is 1. The molecule has 1 rings (SSSR count). The van der Waals surface area contributed by atoms with E-state index >= 15 is 0 Å². The highest BCUT2D eigenvalue weighted by molar-refractivity contribution is 5.73. The van der Waals surface area contributed by atoms with Crippen LogP contribution in [0.1, 0.15) is 6.42 Å². The molecule has 1 aliphatic rings. The Bertz CT molecular complexity index is 228. The van der Waals surface area contributed by atoms with E-state index in [4.69, 9.17) is 14.6 Å². The zero-order valence-corrected chi connectivity index (χ0v) is 8.64. The van der Waals surface area contributed by atoms with Crippen LogP contribution in [0.3, 0.4) is 0 Å². The van der Waals surface area contributed by atoms with Crippen molar-refractivity contribution in [2.75, 3.05) is 19.7 Å². The van der Waals surface area contributed by atoms with E-state index in [0.29, 0.717) is 6.54 Å². The van der Waals surface area contributed by atoms with Crippen molar-refractivity contribution in [1.29, 1.82) is 0 Å². The topological polar surface area (TPSA) is 58.6 Å². The summed E-state index contributed by atoms with van der Waals surface area (Å²) in [6.45, 7) is 1.17. The molecule has 1 fully saturated rings. The van der Waals surface area contributed by atoms with Crippen LogP contribution < -0.4 is 5.32 Å². The van der Waals surface area contributed by atoms with Crippen LogP contribution in [-0.4, -0.2) is 49.5 Å². The predicted octanol–water partition coefficient (Wildman–Crippen LogP) is 1.26. The van der Waals surface area contributed by atoms with Gasteiger partial charge >= 0.3 is 12.1 Å². The molecule has 0 aliphatic carbocycles. The molecule has 1 aliphatic heterocycles. The summed E-state index contributed by atoms with van der Waals surface area (Å²) in [5.41, 5.74) is 0. The van der Waals surface area contributed by atoms with Gasteiger partial charge in [-0.3, -0.25) is 0 Å². The second-order valence-electron chi connectivity index (χ2n) is 3.14. The van der Waals surface area contributed by atoms with Gasteiger partial charge in [0.2, 0.25) is 0 Å². The van der Waals surface area contributed by atoms with Gasteiger partial charge < -0.3 is 15.2 Å². The number of ether oxygens (including phenoxy) is 1. The van der Waals surface area contributed by atoms with E-state index in [9.17, 15) is 22.0 Å². The molecule has 1 saturated heterocycles. The van der Waals surface area contributed by atoms with E-state index in [1.165, 1.54) is 0 Å². The van der Waals surface area contributed by atoms with Gasteiger partial charge in [0.05, 0.1) is 6.10 Å². The standard InChI is InChI=1S/C6H11F2NO.C2HF3O2/c7-6(8)4-10-5-1-2-9-3-5;3-2(4,5)1(6)7/h5-6,9H,1-4H2;(H,6,7). The molecule has 0 aromatic heterocycles. The van der Waals surface area contributed by atoms with Crippen molar-refractivity contribution in [3.05, 3.63) is 0 Å². The number of carbonyl (C=O) groups is 1. The van der Waals surface area contributed by atoms with Crippen molar-refractivity contribution in [1.82, 2.24) is 5.32 Å². The fourth-order valence-electron chi connectivity index (χ4n) is 0.979. The van der Waals surface area contributed by atoms with Crippen molar-refractivity contribution in [3.8, 4) is 0 Å². The highest BCUT2D eigenvalue weighted by Gasteiger charge is 2.38. The third-order valence-electron chi connectivity index (χ3n) is 1.72. The molecule has 0 aromatic carbocycles. The number of carboxylic acids is 1. The van der Waals surface area contributed by atoms with Crippen LogP contribution in [0.15, 0.2) is 0 Å². The monoisotopic (exact) mass is 265 g/mol. The first-order chi connectivity index (χ1) is 7.73. The van der Waals surface area contributed by atoms with Gasteiger partial charge in [-0.1, -0.05) is 0 Å². The van der Waals surface area contributed by atoms with Crippen LogP contribution in [0.2, 0.25) is 0 Å². The lowest BCUT2D eigenvalue weighted by atomic mass is 10.3. The maximum atomic E-state index is 11.5. The van der Waals surface area contributed by atoms with Crippen LogP contribution in [0.25, 0.3) is 0 Å². The minimum atomic E-state index is -5.08. The summed E-state index contributed by atoms with van der Waals surface area (Å²) in [4.78, 5) is 8.90. The zero-order chi connectivity index (χ0) is 13.5. The molecule has 0 radical (unpaired) electrons. The van der Waals surface area contributed by atoms with Crippen LogP contribution in [-0.2, 0) is 9.53 Å². The van der Waals surface area contributed by atoms with Gasteiger partial charge in [-0.05, 0) is 13.0 Å². The molecule has 1 atom stereocenters. The largest absolute Gasteiger partial charge is 0.490 e. The Hall–Kier alpha value is -0.960. The van der Waals surface area contributed by atoms with Crippen molar-refractivity contribution in [2.45, 2.75) is 25.1 Å². The summed E-state index contributed by atoms with van der Waals surface area (Å²) in [6.07, 6.45) is -6.55. The van der Waals surface area contributed by atoms with Crippen LogP contribution >= 0.6 is 0 Å². The van der Waals surface area contributed by atoms with Gasteiger partial charge in [0.15, 0.2) is 0 Å². The maximum absolute atomic E-state index is 11.5. The SMILES string of the molecule is FC(F)COC1CCNC1.O=C(O)C(F)(F)F. The molecule has 0 bridgehead atoms. The lowest BCUT2D eigenvalue weighted by Crippen LogP contribution is -2.21. The number of hydrogen-bond acceptors (Lipinski definition) is 3.